The summed E-state index contributed by atoms with van der Waals surface area (Å²) >= 11 is 0. The number of carbonyl (C=O) groups is 1. The largest absolute Gasteiger partial charge is 0.502 e. The van der Waals surface area contributed by atoms with Gasteiger partial charge in [0, 0.05) is 16.6 Å². The van der Waals surface area contributed by atoms with E-state index in [1.807, 2.05) is 42.5 Å². The molecule has 0 atom stereocenters. The topological polar surface area (TPSA) is 126 Å². The highest BCUT2D eigenvalue weighted by molar-refractivity contribution is 5.95. The van der Waals surface area contributed by atoms with Crippen LogP contribution in [0.5, 0.6) is 11.5 Å². The fourth-order valence-corrected chi connectivity index (χ4v) is 2.74. The predicted molar refractivity (Wildman–Crippen MR) is 109 cm³/mol. The summed E-state index contributed by atoms with van der Waals surface area (Å²) in [5.74, 6) is -0.811. The molecule has 0 saturated carbocycles. The second-order valence-electron chi connectivity index (χ2n) is 6.01. The van der Waals surface area contributed by atoms with Crippen LogP contribution in [-0.2, 0) is 4.79 Å². The highest BCUT2D eigenvalue weighted by atomic mass is 16.6. The molecular weight excluding hydrogens is 376 g/mol. The monoisotopic (exact) mass is 394 g/mol. The van der Waals surface area contributed by atoms with E-state index in [0.29, 0.717) is 0 Å². The van der Waals surface area contributed by atoms with Crippen molar-refractivity contribution in [3.05, 3.63) is 70.3 Å². The van der Waals surface area contributed by atoms with Crippen LogP contribution in [-0.4, -0.2) is 35.8 Å². The normalized spacial score (nSPS) is 10.8. The summed E-state index contributed by atoms with van der Waals surface area (Å²) < 4.78 is 4.98. The van der Waals surface area contributed by atoms with Crippen LogP contribution >= 0.6 is 0 Å². The lowest BCUT2D eigenvalue weighted by molar-refractivity contribution is -0.385. The highest BCUT2D eigenvalue weighted by Gasteiger charge is 2.18. The van der Waals surface area contributed by atoms with Gasteiger partial charge in [-0.15, -0.1) is 0 Å². The molecule has 3 rings (SSSR count). The Morgan fingerprint density at radius 3 is 2.76 bits per heavy atom. The van der Waals surface area contributed by atoms with Crippen LogP contribution in [0.25, 0.3) is 10.8 Å². The van der Waals surface area contributed by atoms with Gasteiger partial charge in [-0.2, -0.15) is 5.10 Å². The Balaban J connectivity index is 1.66. The number of hydrazone groups is 1. The number of rotatable bonds is 7. The van der Waals surface area contributed by atoms with Crippen molar-refractivity contribution in [2.24, 2.45) is 5.10 Å². The lowest BCUT2D eigenvalue weighted by Crippen LogP contribution is -2.25. The molecule has 9 nitrogen and oxygen atoms in total. The molecule has 0 fully saturated rings. The van der Waals surface area contributed by atoms with Crippen molar-refractivity contribution in [1.82, 2.24) is 5.43 Å². The molecule has 0 aliphatic heterocycles. The Morgan fingerprint density at radius 1 is 1.24 bits per heavy atom. The number of amides is 1. The molecule has 0 bridgehead atoms. The number of anilines is 1. The molecule has 0 saturated heterocycles. The molecule has 3 aromatic carbocycles. The lowest BCUT2D eigenvalue weighted by Gasteiger charge is -2.09. The van der Waals surface area contributed by atoms with Gasteiger partial charge in [0.05, 0.1) is 30.9 Å². The van der Waals surface area contributed by atoms with Gasteiger partial charge in [0.2, 0.25) is 5.75 Å². The molecule has 0 spiro atoms. The molecule has 0 heterocycles. The Labute approximate surface area is 165 Å². The number of phenolic OH excluding ortho intramolecular Hbond substituents is 1. The van der Waals surface area contributed by atoms with E-state index < -0.39 is 22.3 Å². The number of carbonyl (C=O) groups excluding carboxylic acids is 1. The second-order valence-corrected chi connectivity index (χ2v) is 6.01. The molecule has 29 heavy (non-hydrogen) atoms. The fourth-order valence-electron chi connectivity index (χ4n) is 2.74. The van der Waals surface area contributed by atoms with Crippen LogP contribution < -0.4 is 15.5 Å². The molecule has 0 unspecified atom stereocenters. The maximum absolute atomic E-state index is 12.0. The molecule has 3 aromatic rings. The Kier molecular flexibility index (Phi) is 5.88. The SMILES string of the molecule is COc1cc(C=NNC(=O)CNc2cccc3ccccc23)c(O)c([N+](=O)[O-])c1. The van der Waals surface area contributed by atoms with E-state index in [0.717, 1.165) is 28.7 Å². The number of nitrogens with one attached hydrogen (secondary N) is 2. The summed E-state index contributed by atoms with van der Waals surface area (Å²) in [6.45, 7) is -0.0322. The van der Waals surface area contributed by atoms with Gasteiger partial charge in [-0.25, -0.2) is 5.43 Å². The minimum atomic E-state index is -0.734. The summed E-state index contributed by atoms with van der Waals surface area (Å²) in [6, 6.07) is 16.0. The van der Waals surface area contributed by atoms with E-state index in [9.17, 15) is 20.0 Å². The van der Waals surface area contributed by atoms with Crippen molar-refractivity contribution < 1.29 is 19.6 Å². The third kappa shape index (κ3) is 4.59. The number of fused-ring (bicyclic) bond motifs is 1. The van der Waals surface area contributed by atoms with Crippen molar-refractivity contribution in [1.29, 1.82) is 0 Å². The third-order valence-electron chi connectivity index (χ3n) is 4.15. The van der Waals surface area contributed by atoms with Crippen molar-refractivity contribution >= 4 is 34.3 Å². The van der Waals surface area contributed by atoms with Crippen LogP contribution in [0.4, 0.5) is 11.4 Å². The van der Waals surface area contributed by atoms with E-state index in [-0.39, 0.29) is 17.9 Å². The van der Waals surface area contributed by atoms with E-state index in [1.165, 1.54) is 13.2 Å². The van der Waals surface area contributed by atoms with Crippen LogP contribution in [0.3, 0.4) is 0 Å². The van der Waals surface area contributed by atoms with E-state index in [2.05, 4.69) is 15.8 Å². The fraction of sp³-hybridized carbons (Fsp3) is 0.100. The summed E-state index contributed by atoms with van der Waals surface area (Å²) in [7, 11) is 1.34. The third-order valence-corrected chi connectivity index (χ3v) is 4.15. The van der Waals surface area contributed by atoms with E-state index in [4.69, 9.17) is 4.74 Å². The number of phenols is 1. The standard InChI is InChI=1S/C20H18N4O5/c1-29-15-9-14(20(26)18(10-15)24(27)28)11-22-23-19(25)12-21-17-8-4-6-13-5-2-3-7-16(13)17/h2-11,21,26H,12H2,1H3,(H,23,25). The zero-order valence-corrected chi connectivity index (χ0v) is 15.5. The van der Waals surface area contributed by atoms with Gasteiger partial charge >= 0.3 is 5.69 Å². The predicted octanol–water partition coefficient (Wildman–Crippen LogP) is 3.02. The number of aromatic hydroxyl groups is 1. The molecule has 0 aliphatic rings. The average Bonchev–Trinajstić information content (AvgIpc) is 2.73. The second kappa shape index (κ2) is 8.70. The quantitative estimate of drug-likeness (QED) is 0.321. The van der Waals surface area contributed by atoms with Crippen molar-refractivity contribution in [3.8, 4) is 11.5 Å². The average molecular weight is 394 g/mol. The van der Waals surface area contributed by atoms with Gasteiger partial charge < -0.3 is 15.2 Å². The Bertz CT molecular complexity index is 1090. The van der Waals surface area contributed by atoms with Gasteiger partial charge in [0.15, 0.2) is 0 Å². The van der Waals surface area contributed by atoms with Gasteiger partial charge in [0.1, 0.15) is 5.75 Å². The molecular formula is C20H18N4O5. The first-order chi connectivity index (χ1) is 14.0. The molecule has 3 N–H and O–H groups in total. The van der Waals surface area contributed by atoms with E-state index in [1.54, 1.807) is 0 Å². The number of hydrogen-bond donors (Lipinski definition) is 3. The molecule has 0 aliphatic carbocycles. The van der Waals surface area contributed by atoms with Crippen molar-refractivity contribution in [2.75, 3.05) is 19.0 Å². The molecule has 0 radical (unpaired) electrons. The summed E-state index contributed by atoms with van der Waals surface area (Å²) in [4.78, 5) is 22.3. The molecule has 9 heteroatoms. The highest BCUT2D eigenvalue weighted by Crippen LogP contribution is 2.33. The first kappa shape index (κ1) is 19.6. The molecule has 148 valence electrons. The summed E-state index contributed by atoms with van der Waals surface area (Å²) in [5.41, 5.74) is 2.64. The lowest BCUT2D eigenvalue weighted by atomic mass is 10.1. The van der Waals surface area contributed by atoms with Crippen LogP contribution in [0.15, 0.2) is 59.7 Å². The van der Waals surface area contributed by atoms with Crippen molar-refractivity contribution in [3.63, 3.8) is 0 Å². The summed E-state index contributed by atoms with van der Waals surface area (Å²) in [5, 5.41) is 29.8. The number of methoxy groups -OCH3 is 1. The Morgan fingerprint density at radius 2 is 2.00 bits per heavy atom. The smallest absolute Gasteiger partial charge is 0.315 e. The van der Waals surface area contributed by atoms with Crippen LogP contribution in [0, 0.1) is 10.1 Å². The minimum absolute atomic E-state index is 0.0322. The first-order valence-electron chi connectivity index (χ1n) is 8.58. The van der Waals surface area contributed by atoms with Crippen molar-refractivity contribution in [2.45, 2.75) is 0 Å². The molecule has 0 aromatic heterocycles. The maximum Gasteiger partial charge on any atom is 0.315 e. The molecule has 1 amide bonds. The number of hydrogen-bond acceptors (Lipinski definition) is 7. The van der Waals surface area contributed by atoms with Gasteiger partial charge in [-0.3, -0.25) is 14.9 Å². The number of ether oxygens (including phenoxy) is 1. The number of nitrogens with zero attached hydrogens (tertiary/aromatic N) is 2. The Hall–Kier alpha value is -4.14. The summed E-state index contributed by atoms with van der Waals surface area (Å²) in [6.07, 6.45) is 1.11. The van der Waals surface area contributed by atoms with Gasteiger partial charge in [-0.1, -0.05) is 36.4 Å². The van der Waals surface area contributed by atoms with Crippen LogP contribution in [0.1, 0.15) is 5.56 Å². The van der Waals surface area contributed by atoms with Crippen LogP contribution in [0.2, 0.25) is 0 Å². The van der Waals surface area contributed by atoms with Gasteiger partial charge in [-0.05, 0) is 17.5 Å². The zero-order chi connectivity index (χ0) is 20.8. The first-order valence-corrected chi connectivity index (χ1v) is 8.58. The van der Waals surface area contributed by atoms with E-state index >= 15 is 0 Å². The minimum Gasteiger partial charge on any atom is -0.502 e. The number of nitro benzene ring substituents is 1. The zero-order valence-electron chi connectivity index (χ0n) is 15.5. The number of nitro groups is 1. The van der Waals surface area contributed by atoms with Gasteiger partial charge in [0.25, 0.3) is 5.91 Å². The number of benzene rings is 3. The maximum atomic E-state index is 12.0.